The molecule has 3 rings (SSSR count). The third-order valence-corrected chi connectivity index (χ3v) is 4.34. The molecule has 1 unspecified atom stereocenters. The minimum atomic E-state index is 0.241. The van der Waals surface area contributed by atoms with Crippen molar-refractivity contribution < 1.29 is 9.47 Å². The van der Waals surface area contributed by atoms with Gasteiger partial charge in [-0.2, -0.15) is 15.0 Å². The maximum atomic E-state index is 5.13. The minimum Gasteiger partial charge on any atom is -0.467 e. The monoisotopic (exact) mass is 360 g/mol. The fourth-order valence-corrected chi connectivity index (χ4v) is 2.81. The van der Waals surface area contributed by atoms with Crippen molar-refractivity contribution in [3.63, 3.8) is 0 Å². The van der Waals surface area contributed by atoms with E-state index in [4.69, 9.17) is 9.47 Å². The number of nitrogens with zero attached hydrogens (tertiary/aromatic N) is 8. The molecule has 0 amide bonds. The summed E-state index contributed by atoms with van der Waals surface area (Å²) in [6, 6.07) is 2.62. The van der Waals surface area contributed by atoms with Crippen molar-refractivity contribution in [2.24, 2.45) is 0 Å². The molecule has 0 bridgehead atoms. The molecule has 140 valence electrons. The number of hydrogen-bond donors (Lipinski definition) is 0. The number of ether oxygens (including phenoxy) is 2. The first kappa shape index (κ1) is 17.9. The summed E-state index contributed by atoms with van der Waals surface area (Å²) in [5.41, 5.74) is 0. The summed E-state index contributed by atoms with van der Waals surface area (Å²) in [5.74, 6) is 2.13. The molecule has 0 aliphatic carbocycles. The van der Waals surface area contributed by atoms with Gasteiger partial charge in [0.1, 0.15) is 5.82 Å². The predicted octanol–water partition coefficient (Wildman–Crippen LogP) is 0.460. The highest BCUT2D eigenvalue weighted by molar-refractivity contribution is 5.44. The largest absolute Gasteiger partial charge is 0.467 e. The Morgan fingerprint density at radius 2 is 1.73 bits per heavy atom. The molecular formula is C16H24N8O2. The van der Waals surface area contributed by atoms with Crippen molar-refractivity contribution in [3.05, 3.63) is 12.3 Å². The van der Waals surface area contributed by atoms with Crippen LogP contribution in [0.15, 0.2) is 12.3 Å². The molecule has 0 saturated carbocycles. The quantitative estimate of drug-likeness (QED) is 0.723. The average Bonchev–Trinajstić information content (AvgIpc) is 3.17. The zero-order chi connectivity index (χ0) is 18.7. The van der Waals surface area contributed by atoms with Crippen molar-refractivity contribution >= 4 is 17.7 Å². The second-order valence-electron chi connectivity index (χ2n) is 6.22. The van der Waals surface area contributed by atoms with Gasteiger partial charge in [0, 0.05) is 40.4 Å². The van der Waals surface area contributed by atoms with Crippen LogP contribution in [-0.2, 0) is 0 Å². The Balaban J connectivity index is 1.75. The van der Waals surface area contributed by atoms with E-state index >= 15 is 0 Å². The van der Waals surface area contributed by atoms with Gasteiger partial charge in [-0.25, -0.2) is 4.98 Å². The number of likely N-dealkylation sites (N-methyl/N-ethyl adjacent to an activating group) is 1. The van der Waals surface area contributed by atoms with Crippen LogP contribution in [0.1, 0.15) is 6.42 Å². The fraction of sp³-hybridized carbons (Fsp3) is 0.562. The maximum Gasteiger partial charge on any atom is 0.324 e. The van der Waals surface area contributed by atoms with Gasteiger partial charge in [-0.15, -0.1) is 4.98 Å². The molecule has 10 nitrogen and oxygen atoms in total. The normalized spacial score (nSPS) is 16.5. The van der Waals surface area contributed by atoms with E-state index in [1.165, 1.54) is 14.2 Å². The van der Waals surface area contributed by atoms with Crippen LogP contribution in [0.3, 0.4) is 0 Å². The second-order valence-corrected chi connectivity index (χ2v) is 6.22. The third kappa shape index (κ3) is 3.68. The molecule has 0 radical (unpaired) electrons. The van der Waals surface area contributed by atoms with Crippen LogP contribution in [0.4, 0.5) is 17.7 Å². The first-order chi connectivity index (χ1) is 12.5. The summed E-state index contributed by atoms with van der Waals surface area (Å²) in [5, 5.41) is 0. The van der Waals surface area contributed by atoms with Crippen molar-refractivity contribution in [2.75, 3.05) is 63.2 Å². The number of rotatable bonds is 6. The molecule has 10 heteroatoms. The van der Waals surface area contributed by atoms with Crippen LogP contribution < -0.4 is 24.2 Å². The Bertz CT molecular complexity index is 735. The standard InChI is InChI=1S/C16H24N8O2/c1-22(2)12-6-8-17-13(18-12)23(3)11-7-9-24(10-11)14-19-15(25-4)21-16(20-14)26-5/h6,8,11H,7,9-10H2,1-5H3. The van der Waals surface area contributed by atoms with Gasteiger partial charge in [-0.1, -0.05) is 0 Å². The minimum absolute atomic E-state index is 0.241. The highest BCUT2D eigenvalue weighted by Crippen LogP contribution is 2.24. The molecule has 2 aromatic rings. The topological polar surface area (TPSA) is 92.6 Å². The van der Waals surface area contributed by atoms with Crippen LogP contribution in [0.25, 0.3) is 0 Å². The Labute approximate surface area is 152 Å². The Morgan fingerprint density at radius 3 is 2.35 bits per heavy atom. The summed E-state index contributed by atoms with van der Waals surface area (Å²) in [7, 11) is 8.98. The van der Waals surface area contributed by atoms with Gasteiger partial charge < -0.3 is 24.2 Å². The van der Waals surface area contributed by atoms with Gasteiger partial charge in [0.2, 0.25) is 11.9 Å². The first-order valence-electron chi connectivity index (χ1n) is 8.34. The smallest absolute Gasteiger partial charge is 0.324 e. The van der Waals surface area contributed by atoms with E-state index in [1.54, 1.807) is 6.20 Å². The lowest BCUT2D eigenvalue weighted by atomic mass is 10.2. The predicted molar refractivity (Wildman–Crippen MR) is 98.3 cm³/mol. The van der Waals surface area contributed by atoms with E-state index in [2.05, 4.69) is 34.7 Å². The van der Waals surface area contributed by atoms with Crippen LogP contribution in [0.2, 0.25) is 0 Å². The number of anilines is 3. The van der Waals surface area contributed by atoms with E-state index in [1.807, 2.05) is 32.1 Å². The average molecular weight is 360 g/mol. The van der Waals surface area contributed by atoms with E-state index in [-0.39, 0.29) is 18.1 Å². The molecule has 0 N–H and O–H groups in total. The van der Waals surface area contributed by atoms with Crippen molar-refractivity contribution in [2.45, 2.75) is 12.5 Å². The molecule has 1 saturated heterocycles. The lowest BCUT2D eigenvalue weighted by Gasteiger charge is -2.25. The van der Waals surface area contributed by atoms with Crippen molar-refractivity contribution in [1.29, 1.82) is 0 Å². The third-order valence-electron chi connectivity index (χ3n) is 4.34. The van der Waals surface area contributed by atoms with Gasteiger partial charge in [0.05, 0.1) is 20.3 Å². The first-order valence-corrected chi connectivity index (χ1v) is 8.34. The lowest BCUT2D eigenvalue weighted by molar-refractivity contribution is 0.340. The molecular weight excluding hydrogens is 336 g/mol. The molecule has 0 spiro atoms. The van der Waals surface area contributed by atoms with Crippen LogP contribution >= 0.6 is 0 Å². The van der Waals surface area contributed by atoms with E-state index in [9.17, 15) is 0 Å². The highest BCUT2D eigenvalue weighted by Gasteiger charge is 2.29. The maximum absolute atomic E-state index is 5.13. The van der Waals surface area contributed by atoms with E-state index < -0.39 is 0 Å². The van der Waals surface area contributed by atoms with Gasteiger partial charge in [0.15, 0.2) is 0 Å². The van der Waals surface area contributed by atoms with Crippen LogP contribution in [0, 0.1) is 0 Å². The molecule has 1 fully saturated rings. The lowest BCUT2D eigenvalue weighted by Crippen LogP contribution is -2.36. The molecule has 0 aromatic carbocycles. The molecule has 1 aliphatic rings. The van der Waals surface area contributed by atoms with Crippen molar-refractivity contribution in [3.8, 4) is 12.0 Å². The Kier molecular flexibility index (Phi) is 5.19. The van der Waals surface area contributed by atoms with Gasteiger partial charge >= 0.3 is 12.0 Å². The number of hydrogen-bond acceptors (Lipinski definition) is 10. The van der Waals surface area contributed by atoms with Crippen molar-refractivity contribution in [1.82, 2.24) is 24.9 Å². The molecule has 3 heterocycles. The molecule has 1 aliphatic heterocycles. The van der Waals surface area contributed by atoms with Gasteiger partial charge in [-0.05, 0) is 12.5 Å². The van der Waals surface area contributed by atoms with E-state index in [0.717, 1.165) is 25.3 Å². The summed E-state index contributed by atoms with van der Waals surface area (Å²) < 4.78 is 10.3. The molecule has 2 aromatic heterocycles. The van der Waals surface area contributed by atoms with E-state index in [0.29, 0.717) is 11.9 Å². The van der Waals surface area contributed by atoms with Gasteiger partial charge in [-0.3, -0.25) is 0 Å². The molecule has 1 atom stereocenters. The van der Waals surface area contributed by atoms with Gasteiger partial charge in [0.25, 0.3) is 0 Å². The summed E-state index contributed by atoms with van der Waals surface area (Å²) in [6.45, 7) is 1.57. The molecule has 26 heavy (non-hydrogen) atoms. The summed E-state index contributed by atoms with van der Waals surface area (Å²) >= 11 is 0. The number of aromatic nitrogens is 5. The summed E-state index contributed by atoms with van der Waals surface area (Å²) in [4.78, 5) is 27.9. The highest BCUT2D eigenvalue weighted by atomic mass is 16.5. The summed E-state index contributed by atoms with van der Waals surface area (Å²) in [6.07, 6.45) is 2.73. The zero-order valence-electron chi connectivity index (χ0n) is 15.7. The fourth-order valence-electron chi connectivity index (χ4n) is 2.81. The van der Waals surface area contributed by atoms with Crippen LogP contribution in [0.5, 0.6) is 12.0 Å². The Morgan fingerprint density at radius 1 is 1.04 bits per heavy atom. The number of methoxy groups -OCH3 is 2. The Hall–Kier alpha value is -2.91. The van der Waals surface area contributed by atoms with Crippen LogP contribution in [-0.4, -0.2) is 79.4 Å². The second kappa shape index (κ2) is 7.54. The zero-order valence-corrected chi connectivity index (χ0v) is 15.7. The SMILES string of the molecule is COc1nc(OC)nc(N2CCC(N(C)c3nccc(N(C)C)n3)C2)n1.